The topological polar surface area (TPSA) is 152 Å². The van der Waals surface area contributed by atoms with Crippen LogP contribution in [0.5, 0.6) is 0 Å². The molecule has 0 aliphatic heterocycles. The summed E-state index contributed by atoms with van der Waals surface area (Å²) >= 11 is 0. The first-order valence-electron chi connectivity index (χ1n) is 14.7. The smallest absolute Gasteiger partial charge is 0.239 e. The Labute approximate surface area is 251 Å². The van der Waals surface area contributed by atoms with E-state index in [9.17, 15) is 19.2 Å². The van der Waals surface area contributed by atoms with Gasteiger partial charge in [0.05, 0.1) is 25.1 Å². The molecular weight excluding hydrogens is 538 g/mol. The summed E-state index contributed by atoms with van der Waals surface area (Å²) in [6.07, 6.45) is 2.65. The highest BCUT2D eigenvalue weighted by Gasteiger charge is 2.29. The van der Waals surface area contributed by atoms with Gasteiger partial charge >= 0.3 is 0 Å². The number of methoxy groups -OCH3 is 2. The molecule has 1 aromatic carbocycles. The molecule has 0 spiro atoms. The number of nitrogens with one attached hydrogen (secondary N) is 2. The average Bonchev–Trinajstić information content (AvgIpc) is 2.97. The quantitative estimate of drug-likeness (QED) is 0.156. The van der Waals surface area contributed by atoms with Gasteiger partial charge in [-0.2, -0.15) is 0 Å². The highest BCUT2D eigenvalue weighted by Crippen LogP contribution is 2.16. The van der Waals surface area contributed by atoms with Crippen molar-refractivity contribution in [2.45, 2.75) is 84.7 Å². The zero-order valence-electron chi connectivity index (χ0n) is 26.3. The number of ketones is 1. The van der Waals surface area contributed by atoms with E-state index in [0.717, 1.165) is 18.4 Å². The molecule has 5 unspecified atom stereocenters. The molecule has 236 valence electrons. The molecule has 0 fully saturated rings. The van der Waals surface area contributed by atoms with Crippen molar-refractivity contribution in [1.82, 2.24) is 15.5 Å². The van der Waals surface area contributed by atoms with Crippen LogP contribution in [0.3, 0.4) is 0 Å². The third-order valence-corrected chi connectivity index (χ3v) is 7.02. The lowest BCUT2D eigenvalue weighted by Crippen LogP contribution is -2.49. The number of rotatable bonds is 20. The Hall–Kier alpha value is -3.15. The van der Waals surface area contributed by atoms with Gasteiger partial charge in [-0.1, -0.05) is 64.4 Å². The number of unbranched alkanes of at least 4 members (excludes halogenated alkanes) is 1. The molecular formula is C31H51N5O6. The fraction of sp³-hybridized carbons (Fsp3) is 0.645. The Bertz CT molecular complexity index is 1000. The molecule has 11 nitrogen and oxygen atoms in total. The summed E-state index contributed by atoms with van der Waals surface area (Å²) in [6, 6.07) is 8.48. The van der Waals surface area contributed by atoms with E-state index in [1.54, 1.807) is 18.2 Å². The molecule has 0 aliphatic rings. The number of benzene rings is 1. The van der Waals surface area contributed by atoms with E-state index in [4.69, 9.17) is 15.2 Å². The van der Waals surface area contributed by atoms with Crippen LogP contribution in [0.25, 0.3) is 0 Å². The molecule has 0 aliphatic carbocycles. The molecule has 3 amide bonds. The summed E-state index contributed by atoms with van der Waals surface area (Å²) in [7, 11) is 3.02. The predicted octanol–water partition coefficient (Wildman–Crippen LogP) is 2.12. The van der Waals surface area contributed by atoms with E-state index in [1.807, 2.05) is 58.0 Å². The van der Waals surface area contributed by atoms with E-state index < -0.39 is 36.2 Å². The van der Waals surface area contributed by atoms with E-state index in [0.29, 0.717) is 13.0 Å². The van der Waals surface area contributed by atoms with Crippen molar-refractivity contribution in [3.63, 3.8) is 0 Å². The van der Waals surface area contributed by atoms with Gasteiger partial charge in [0, 0.05) is 45.9 Å². The van der Waals surface area contributed by atoms with Crippen LogP contribution < -0.4 is 16.4 Å². The van der Waals surface area contributed by atoms with Crippen LogP contribution >= 0.6 is 0 Å². The Balaban J connectivity index is 2.86. The van der Waals surface area contributed by atoms with E-state index in [2.05, 4.69) is 15.6 Å². The van der Waals surface area contributed by atoms with E-state index in [1.165, 1.54) is 14.0 Å². The first-order valence-corrected chi connectivity index (χ1v) is 14.7. The average molecular weight is 590 g/mol. The number of nitrogens with two attached hydrogens (primary N) is 1. The lowest BCUT2D eigenvalue weighted by Gasteiger charge is -2.34. The van der Waals surface area contributed by atoms with Crippen molar-refractivity contribution in [3.05, 3.63) is 35.9 Å². The Morgan fingerprint density at radius 3 is 2.26 bits per heavy atom. The number of hydrogen-bond donors (Lipinski definition) is 3. The van der Waals surface area contributed by atoms with Crippen LogP contribution in [0, 0.1) is 11.8 Å². The second-order valence-electron chi connectivity index (χ2n) is 10.9. The maximum absolute atomic E-state index is 13.5. The van der Waals surface area contributed by atoms with Crippen molar-refractivity contribution in [3.8, 4) is 0 Å². The number of hydrogen-bond acceptors (Lipinski definition) is 8. The number of carbonyl (C=O) groups is 4. The van der Waals surface area contributed by atoms with Crippen molar-refractivity contribution in [2.75, 3.05) is 33.9 Å². The second-order valence-corrected chi connectivity index (χ2v) is 10.9. The molecule has 11 heteroatoms. The first-order chi connectivity index (χ1) is 19.9. The molecule has 0 bridgehead atoms. The van der Waals surface area contributed by atoms with Gasteiger partial charge in [0.2, 0.25) is 17.7 Å². The van der Waals surface area contributed by atoms with E-state index in [-0.39, 0.29) is 43.0 Å². The Kier molecular flexibility index (Phi) is 17.5. The highest BCUT2D eigenvalue weighted by molar-refractivity contribution is 5.87. The van der Waals surface area contributed by atoms with Gasteiger partial charge in [0.1, 0.15) is 12.3 Å². The fourth-order valence-corrected chi connectivity index (χ4v) is 4.23. The first kappa shape index (κ1) is 36.9. The third-order valence-electron chi connectivity index (χ3n) is 7.02. The molecule has 4 N–H and O–H groups in total. The maximum Gasteiger partial charge on any atom is 0.239 e. The minimum Gasteiger partial charge on any atom is -0.379 e. The Morgan fingerprint density at radius 1 is 1.05 bits per heavy atom. The van der Waals surface area contributed by atoms with E-state index >= 15 is 0 Å². The summed E-state index contributed by atoms with van der Waals surface area (Å²) < 4.78 is 11.3. The number of carbonyl (C=O) groups excluding carboxylic acids is 4. The van der Waals surface area contributed by atoms with Crippen LogP contribution in [0.15, 0.2) is 35.3 Å². The van der Waals surface area contributed by atoms with Crippen LogP contribution in [0.2, 0.25) is 0 Å². The molecule has 5 atom stereocenters. The number of aliphatic imine (C=N–C) groups is 1. The summed E-state index contributed by atoms with van der Waals surface area (Å²) in [5.74, 6) is -1.39. The molecule has 0 radical (unpaired) electrons. The highest BCUT2D eigenvalue weighted by atomic mass is 16.5. The lowest BCUT2D eigenvalue weighted by atomic mass is 10.0. The molecule has 42 heavy (non-hydrogen) atoms. The number of ether oxygens (including phenoxy) is 2. The number of amides is 3. The molecule has 1 aromatic rings. The van der Waals surface area contributed by atoms with Gasteiger partial charge in [-0.25, -0.2) is 0 Å². The van der Waals surface area contributed by atoms with Gasteiger partial charge in [0.15, 0.2) is 5.78 Å². The van der Waals surface area contributed by atoms with Gasteiger partial charge < -0.3 is 30.7 Å². The molecule has 1 rings (SSSR count). The molecule has 0 heterocycles. The zero-order chi connectivity index (χ0) is 31.7. The Morgan fingerprint density at radius 2 is 1.71 bits per heavy atom. The monoisotopic (exact) mass is 589 g/mol. The molecule has 0 saturated heterocycles. The minimum absolute atomic E-state index is 0.0128. The zero-order valence-corrected chi connectivity index (χ0v) is 26.3. The summed E-state index contributed by atoms with van der Waals surface area (Å²) in [4.78, 5) is 56.3. The third kappa shape index (κ3) is 13.2. The normalized spacial score (nSPS) is 15.1. The van der Waals surface area contributed by atoms with Crippen LogP contribution in [-0.4, -0.2) is 92.9 Å². The number of Topliss-reactive ketones (excluding diaryl/α,β-unsaturated/α-hetero) is 1. The predicted molar refractivity (Wildman–Crippen MR) is 164 cm³/mol. The maximum atomic E-state index is 13.5. The van der Waals surface area contributed by atoms with Crippen LogP contribution in [0.1, 0.15) is 59.4 Å². The SMILES string of the molecule is CCCCN(C(=O)CC(CNC(=O)CNC(=O)C(N)C(C)C)OC)C(OC)C(C)C=NC(Cc1ccccc1)C(C)=O. The largest absolute Gasteiger partial charge is 0.379 e. The number of nitrogens with zero attached hydrogens (tertiary/aromatic N) is 2. The van der Waals surface area contributed by atoms with Crippen molar-refractivity contribution in [1.29, 1.82) is 0 Å². The summed E-state index contributed by atoms with van der Waals surface area (Å²) in [6.45, 7) is 9.45. The minimum atomic E-state index is -0.699. The van der Waals surface area contributed by atoms with Crippen LogP contribution in [-0.2, 0) is 35.1 Å². The summed E-state index contributed by atoms with van der Waals surface area (Å²) in [5, 5.41) is 5.22. The van der Waals surface area contributed by atoms with Gasteiger partial charge in [-0.15, -0.1) is 0 Å². The lowest BCUT2D eigenvalue weighted by molar-refractivity contribution is -0.149. The standard InChI is InChI=1S/C31H51N5O6/c1-8-9-15-36(28(39)17-25(41-6)19-34-27(38)20-35-30(40)29(32)21(2)3)31(42-7)22(4)18-33-26(23(5)37)16-24-13-11-10-12-14-24/h10-14,18,21-22,25-26,29,31H,8-9,15-17,19-20,32H2,1-7H3,(H,34,38)(H,35,40). The van der Waals surface area contributed by atoms with Gasteiger partial charge in [0.25, 0.3) is 0 Å². The van der Waals surface area contributed by atoms with Gasteiger partial charge in [-0.05, 0) is 24.8 Å². The molecule has 0 aromatic heterocycles. The van der Waals surface area contributed by atoms with Crippen molar-refractivity contribution >= 4 is 29.7 Å². The van der Waals surface area contributed by atoms with Crippen LogP contribution in [0.4, 0.5) is 0 Å². The van der Waals surface area contributed by atoms with Crippen molar-refractivity contribution in [2.24, 2.45) is 22.6 Å². The summed E-state index contributed by atoms with van der Waals surface area (Å²) in [5.41, 5.74) is 6.82. The second kappa shape index (κ2) is 19.9. The van der Waals surface area contributed by atoms with Crippen molar-refractivity contribution < 1.29 is 28.7 Å². The van der Waals surface area contributed by atoms with Gasteiger partial charge in [-0.3, -0.25) is 24.2 Å². The fourth-order valence-electron chi connectivity index (χ4n) is 4.23. The molecule has 0 saturated carbocycles.